The molecule has 2 amide bonds. The topological polar surface area (TPSA) is 119 Å². The first kappa shape index (κ1) is 22.2. The van der Waals surface area contributed by atoms with Crippen LogP contribution in [0.4, 0.5) is 5.69 Å². The summed E-state index contributed by atoms with van der Waals surface area (Å²) in [6.07, 6.45) is 2.66. The summed E-state index contributed by atoms with van der Waals surface area (Å²) >= 11 is 0. The van der Waals surface area contributed by atoms with Crippen LogP contribution in [0.3, 0.4) is 0 Å². The van der Waals surface area contributed by atoms with Crippen LogP contribution in [0.25, 0.3) is 0 Å². The van der Waals surface area contributed by atoms with Gasteiger partial charge in [0.25, 0.3) is 5.91 Å². The highest BCUT2D eigenvalue weighted by Gasteiger charge is 2.46. The van der Waals surface area contributed by atoms with Gasteiger partial charge < -0.3 is 30.0 Å². The molecule has 0 saturated carbocycles. The molecule has 9 heteroatoms. The number of carbonyl (C=O) groups is 2. The van der Waals surface area contributed by atoms with E-state index >= 15 is 0 Å². The molecule has 1 aromatic carbocycles. The number of ether oxygens (including phenoxy) is 3. The van der Waals surface area contributed by atoms with Gasteiger partial charge in [0, 0.05) is 43.2 Å². The van der Waals surface area contributed by atoms with E-state index in [1.807, 2.05) is 12.1 Å². The molecule has 2 aliphatic rings. The molecule has 3 N–H and O–H groups in total. The van der Waals surface area contributed by atoms with Crippen LogP contribution in [0.2, 0.25) is 0 Å². The molecule has 0 radical (unpaired) electrons. The average molecular weight is 441 g/mol. The van der Waals surface area contributed by atoms with E-state index < -0.39 is 6.10 Å². The molecule has 4 atom stereocenters. The van der Waals surface area contributed by atoms with Gasteiger partial charge in [-0.15, -0.1) is 0 Å². The summed E-state index contributed by atoms with van der Waals surface area (Å²) in [5.74, 6) is 0.271. The minimum atomic E-state index is -0.536. The lowest BCUT2D eigenvalue weighted by molar-refractivity contribution is -0.142. The molecule has 0 unspecified atom stereocenters. The zero-order valence-corrected chi connectivity index (χ0v) is 17.8. The van der Waals surface area contributed by atoms with Crippen molar-refractivity contribution in [1.29, 1.82) is 0 Å². The van der Waals surface area contributed by atoms with Crippen molar-refractivity contribution >= 4 is 17.5 Å². The Labute approximate surface area is 186 Å². The van der Waals surface area contributed by atoms with Gasteiger partial charge >= 0.3 is 0 Å². The van der Waals surface area contributed by atoms with Crippen LogP contribution in [0.1, 0.15) is 34.7 Å². The Morgan fingerprint density at radius 3 is 2.94 bits per heavy atom. The number of aliphatic hydroxyl groups excluding tert-OH is 1. The van der Waals surface area contributed by atoms with Crippen LogP contribution in [0.15, 0.2) is 42.7 Å². The third-order valence-corrected chi connectivity index (χ3v) is 5.72. The number of hydrogen-bond donors (Lipinski definition) is 3. The van der Waals surface area contributed by atoms with Gasteiger partial charge in [0.2, 0.25) is 5.91 Å². The van der Waals surface area contributed by atoms with Crippen LogP contribution in [0.5, 0.6) is 5.75 Å². The fourth-order valence-electron chi connectivity index (χ4n) is 4.24. The van der Waals surface area contributed by atoms with Crippen molar-refractivity contribution in [3.05, 3.63) is 53.9 Å². The quantitative estimate of drug-likeness (QED) is 0.531. The van der Waals surface area contributed by atoms with E-state index in [0.29, 0.717) is 36.6 Å². The Morgan fingerprint density at radius 2 is 2.19 bits per heavy atom. The Balaban J connectivity index is 1.47. The van der Waals surface area contributed by atoms with Gasteiger partial charge in [0.05, 0.1) is 31.3 Å². The number of aliphatic hydroxyl groups is 1. The second-order valence-corrected chi connectivity index (χ2v) is 7.90. The van der Waals surface area contributed by atoms with Crippen molar-refractivity contribution in [2.24, 2.45) is 0 Å². The van der Waals surface area contributed by atoms with E-state index in [1.54, 1.807) is 31.5 Å². The molecular weight excluding hydrogens is 414 g/mol. The van der Waals surface area contributed by atoms with E-state index in [1.165, 1.54) is 6.20 Å². The third kappa shape index (κ3) is 4.90. The highest BCUT2D eigenvalue weighted by molar-refractivity contribution is 6.04. The maximum Gasteiger partial charge on any atom is 0.257 e. The van der Waals surface area contributed by atoms with Gasteiger partial charge in [-0.25, -0.2) is 0 Å². The van der Waals surface area contributed by atoms with Crippen molar-refractivity contribution in [3.63, 3.8) is 0 Å². The predicted molar refractivity (Wildman–Crippen MR) is 116 cm³/mol. The van der Waals surface area contributed by atoms with Gasteiger partial charge in [-0.3, -0.25) is 14.6 Å². The molecular formula is C23H27N3O6. The SMILES string of the molecule is COCCNC(=O)C[C@@H]1C[C@@H]2c3cc(NC(=O)c4cccnc4)ccc3O[C@@H]2[C@H](CO)O1. The van der Waals surface area contributed by atoms with E-state index in [4.69, 9.17) is 14.2 Å². The highest BCUT2D eigenvalue weighted by atomic mass is 16.6. The minimum Gasteiger partial charge on any atom is -0.487 e. The molecule has 9 nitrogen and oxygen atoms in total. The van der Waals surface area contributed by atoms with Gasteiger partial charge in [0.15, 0.2) is 0 Å². The number of hydrogen-bond acceptors (Lipinski definition) is 7. The number of carbonyl (C=O) groups excluding carboxylic acids is 2. The van der Waals surface area contributed by atoms with Gasteiger partial charge in [-0.1, -0.05) is 0 Å². The molecule has 32 heavy (non-hydrogen) atoms. The maximum absolute atomic E-state index is 12.5. The van der Waals surface area contributed by atoms with E-state index in [2.05, 4.69) is 15.6 Å². The van der Waals surface area contributed by atoms with Crippen LogP contribution in [-0.2, 0) is 14.3 Å². The predicted octanol–water partition coefficient (Wildman–Crippen LogP) is 1.48. The zero-order chi connectivity index (χ0) is 22.5. The largest absolute Gasteiger partial charge is 0.487 e. The minimum absolute atomic E-state index is 0.0529. The van der Waals surface area contributed by atoms with Gasteiger partial charge in [-0.2, -0.15) is 0 Å². The molecule has 4 rings (SSSR count). The molecule has 0 aliphatic carbocycles. The molecule has 1 fully saturated rings. The Bertz CT molecular complexity index is 954. The van der Waals surface area contributed by atoms with E-state index in [-0.39, 0.29) is 43.0 Å². The number of pyridine rings is 1. The highest BCUT2D eigenvalue weighted by Crippen LogP contribution is 2.47. The number of anilines is 1. The number of amides is 2. The summed E-state index contributed by atoms with van der Waals surface area (Å²) < 4.78 is 17.0. The van der Waals surface area contributed by atoms with Crippen molar-refractivity contribution in [2.45, 2.75) is 37.1 Å². The van der Waals surface area contributed by atoms with Crippen molar-refractivity contribution < 1.29 is 28.9 Å². The summed E-state index contributed by atoms with van der Waals surface area (Å²) in [5, 5.41) is 15.5. The lowest BCUT2D eigenvalue weighted by Gasteiger charge is -2.37. The lowest BCUT2D eigenvalue weighted by Crippen LogP contribution is -2.47. The standard InChI is InChI=1S/C23H27N3O6/c1-30-8-7-25-21(28)11-16-10-18-17-9-15(26-23(29)14-3-2-6-24-12-14)4-5-19(17)32-22(18)20(13-27)31-16/h2-6,9,12,16,18,20,22,27H,7-8,10-11,13H2,1H3,(H,25,28)(H,26,29)/t16-,18+,20-,22-/m0/s1. The molecule has 170 valence electrons. The molecule has 3 heterocycles. The van der Waals surface area contributed by atoms with Crippen molar-refractivity contribution in [2.75, 3.05) is 32.2 Å². The van der Waals surface area contributed by atoms with Crippen molar-refractivity contribution in [1.82, 2.24) is 10.3 Å². The number of methoxy groups -OCH3 is 1. The number of fused-ring (bicyclic) bond motifs is 3. The summed E-state index contributed by atoms with van der Waals surface area (Å²) in [4.78, 5) is 28.7. The zero-order valence-electron chi connectivity index (χ0n) is 17.8. The summed E-state index contributed by atoms with van der Waals surface area (Å²) in [6, 6.07) is 8.89. The molecule has 0 spiro atoms. The first-order valence-corrected chi connectivity index (χ1v) is 10.6. The third-order valence-electron chi connectivity index (χ3n) is 5.72. The van der Waals surface area contributed by atoms with Crippen LogP contribution < -0.4 is 15.4 Å². The summed E-state index contributed by atoms with van der Waals surface area (Å²) in [6.45, 7) is 0.668. The maximum atomic E-state index is 12.5. The normalized spacial score (nSPS) is 23.6. The number of rotatable bonds is 8. The monoisotopic (exact) mass is 441 g/mol. The molecule has 2 aromatic rings. The lowest BCUT2D eigenvalue weighted by atomic mass is 9.84. The first-order valence-electron chi connectivity index (χ1n) is 10.6. The Hall–Kier alpha value is -3.01. The smallest absolute Gasteiger partial charge is 0.257 e. The average Bonchev–Trinajstić information content (AvgIpc) is 3.17. The second-order valence-electron chi connectivity index (χ2n) is 7.90. The van der Waals surface area contributed by atoms with Crippen LogP contribution >= 0.6 is 0 Å². The number of nitrogens with zero attached hydrogens (tertiary/aromatic N) is 1. The summed E-state index contributed by atoms with van der Waals surface area (Å²) in [5.41, 5.74) is 2.04. The van der Waals surface area contributed by atoms with E-state index in [9.17, 15) is 14.7 Å². The fourth-order valence-corrected chi connectivity index (χ4v) is 4.24. The Kier molecular flexibility index (Phi) is 6.99. The second kappa shape index (κ2) is 10.1. The fraction of sp³-hybridized carbons (Fsp3) is 0.435. The van der Waals surface area contributed by atoms with Gasteiger partial charge in [0.1, 0.15) is 18.0 Å². The number of benzene rings is 1. The molecule has 1 saturated heterocycles. The number of nitrogens with one attached hydrogen (secondary N) is 2. The Morgan fingerprint density at radius 1 is 1.31 bits per heavy atom. The van der Waals surface area contributed by atoms with E-state index in [0.717, 1.165) is 5.56 Å². The van der Waals surface area contributed by atoms with Crippen LogP contribution in [0, 0.1) is 0 Å². The number of aromatic nitrogens is 1. The summed E-state index contributed by atoms with van der Waals surface area (Å²) in [7, 11) is 1.58. The van der Waals surface area contributed by atoms with Crippen molar-refractivity contribution in [3.8, 4) is 5.75 Å². The molecule has 0 bridgehead atoms. The molecule has 2 aliphatic heterocycles. The van der Waals surface area contributed by atoms with Gasteiger partial charge in [-0.05, 0) is 36.8 Å². The first-order chi connectivity index (χ1) is 15.6. The molecule has 1 aromatic heterocycles. The van der Waals surface area contributed by atoms with Crippen LogP contribution in [-0.4, -0.2) is 67.1 Å².